The number of hydrogen-bond acceptors (Lipinski definition) is 7. The fourth-order valence-electron chi connectivity index (χ4n) is 1.12. The molecular formula is C10H7F3NO7S-. The Balaban J connectivity index is 2.73. The quantitative estimate of drug-likeness (QED) is 0.544. The highest BCUT2D eigenvalue weighted by atomic mass is 32.2. The standard InChI is InChI=1S/C10H8F3NO7S/c11-10(12,13)20-6-1-3-7(4-2-6)22(18,19)14-21-9(17)5-8(15)16/h1-4,14H,5H2,(H,15,16)/p-1. The van der Waals surface area contributed by atoms with Gasteiger partial charge in [0, 0.05) is 0 Å². The highest BCUT2D eigenvalue weighted by Crippen LogP contribution is 2.23. The summed E-state index contributed by atoms with van der Waals surface area (Å²) in [4.78, 5) is 25.6. The van der Waals surface area contributed by atoms with E-state index in [1.807, 2.05) is 0 Å². The summed E-state index contributed by atoms with van der Waals surface area (Å²) in [6.07, 6.45) is -6.11. The molecule has 8 nitrogen and oxygen atoms in total. The molecule has 1 rings (SSSR count). The molecule has 1 aromatic rings. The van der Waals surface area contributed by atoms with Gasteiger partial charge in [-0.05, 0) is 29.2 Å². The molecule has 0 atom stereocenters. The first kappa shape index (κ1) is 17.7. The monoisotopic (exact) mass is 342 g/mol. The number of alkyl halides is 3. The Labute approximate surface area is 121 Å². The molecule has 12 heteroatoms. The Morgan fingerprint density at radius 2 is 1.73 bits per heavy atom. The van der Waals surface area contributed by atoms with Crippen LogP contribution in [-0.2, 0) is 24.4 Å². The normalized spacial score (nSPS) is 11.8. The Kier molecular flexibility index (Phi) is 5.33. The highest BCUT2D eigenvalue weighted by Gasteiger charge is 2.31. The molecule has 0 aliphatic rings. The fraction of sp³-hybridized carbons (Fsp3) is 0.200. The molecule has 0 aromatic heterocycles. The number of halogens is 3. The van der Waals surface area contributed by atoms with Crippen LogP contribution in [0.15, 0.2) is 29.2 Å². The number of hydrogen-bond donors (Lipinski definition) is 1. The number of carbonyl (C=O) groups is 2. The van der Waals surface area contributed by atoms with E-state index in [1.165, 1.54) is 4.89 Å². The van der Waals surface area contributed by atoms with Gasteiger partial charge in [0.25, 0.3) is 10.0 Å². The Morgan fingerprint density at radius 3 is 2.18 bits per heavy atom. The zero-order chi connectivity index (χ0) is 17.0. The maximum absolute atomic E-state index is 11.9. The largest absolute Gasteiger partial charge is 0.573 e. The number of aliphatic carboxylic acids is 1. The van der Waals surface area contributed by atoms with Crippen LogP contribution < -0.4 is 14.7 Å². The molecule has 0 amide bonds. The van der Waals surface area contributed by atoms with E-state index in [9.17, 15) is 36.3 Å². The molecule has 0 saturated carbocycles. The van der Waals surface area contributed by atoms with Gasteiger partial charge in [0.1, 0.15) is 5.75 Å². The predicted octanol–water partition coefficient (Wildman–Crippen LogP) is -0.538. The smallest absolute Gasteiger partial charge is 0.550 e. The van der Waals surface area contributed by atoms with Crippen LogP contribution in [0.2, 0.25) is 0 Å². The zero-order valence-corrected chi connectivity index (χ0v) is 11.2. The number of carboxylic acid groups (broad SMARTS) is 1. The SMILES string of the molecule is O=C([O-])CC(=O)ONS(=O)(=O)c1ccc(OC(F)(F)F)cc1. The summed E-state index contributed by atoms with van der Waals surface area (Å²) in [6, 6.07) is 2.97. The second-order valence-corrected chi connectivity index (χ2v) is 5.27. The van der Waals surface area contributed by atoms with Crippen molar-refractivity contribution in [3.8, 4) is 5.75 Å². The average molecular weight is 342 g/mol. The van der Waals surface area contributed by atoms with Crippen molar-refractivity contribution in [2.24, 2.45) is 0 Å². The third-order valence-corrected chi connectivity index (χ3v) is 3.12. The van der Waals surface area contributed by atoms with Gasteiger partial charge in [-0.25, -0.2) is 13.2 Å². The summed E-state index contributed by atoms with van der Waals surface area (Å²) in [5.41, 5.74) is 0. The molecule has 0 unspecified atom stereocenters. The number of benzene rings is 1. The second kappa shape index (κ2) is 6.62. The van der Waals surface area contributed by atoms with Gasteiger partial charge in [-0.1, -0.05) is 0 Å². The summed E-state index contributed by atoms with van der Waals surface area (Å²) < 4.78 is 62.5. The van der Waals surface area contributed by atoms with Gasteiger partial charge >= 0.3 is 12.3 Å². The summed E-state index contributed by atoms with van der Waals surface area (Å²) in [5.74, 6) is -3.86. The van der Waals surface area contributed by atoms with E-state index in [1.54, 1.807) is 0 Å². The van der Waals surface area contributed by atoms with Gasteiger partial charge in [-0.15, -0.1) is 13.2 Å². The van der Waals surface area contributed by atoms with Crippen molar-refractivity contribution in [3.05, 3.63) is 24.3 Å². The molecule has 0 heterocycles. The summed E-state index contributed by atoms with van der Waals surface area (Å²) in [6.45, 7) is 0. The fourth-order valence-corrected chi connectivity index (χ4v) is 1.92. The molecular weight excluding hydrogens is 335 g/mol. The molecule has 1 N–H and O–H groups in total. The van der Waals surface area contributed by atoms with Crippen molar-refractivity contribution in [2.45, 2.75) is 17.7 Å². The van der Waals surface area contributed by atoms with Crippen LogP contribution in [0, 0.1) is 0 Å². The van der Waals surface area contributed by atoms with Crippen LogP contribution >= 0.6 is 0 Å². The lowest BCUT2D eigenvalue weighted by Crippen LogP contribution is -2.31. The van der Waals surface area contributed by atoms with Gasteiger partial charge in [0.05, 0.1) is 17.3 Å². The van der Waals surface area contributed by atoms with Gasteiger partial charge in [0.15, 0.2) is 0 Å². The molecule has 0 aliphatic carbocycles. The molecule has 1 aromatic carbocycles. The third kappa shape index (κ3) is 5.97. The average Bonchev–Trinajstić information content (AvgIpc) is 2.34. The Morgan fingerprint density at radius 1 is 1.18 bits per heavy atom. The molecule has 0 fully saturated rings. The van der Waals surface area contributed by atoms with Crippen LogP contribution in [0.5, 0.6) is 5.75 Å². The highest BCUT2D eigenvalue weighted by molar-refractivity contribution is 7.89. The second-order valence-electron chi connectivity index (χ2n) is 3.63. The van der Waals surface area contributed by atoms with Crippen LogP contribution in [0.4, 0.5) is 13.2 Å². The van der Waals surface area contributed by atoms with Crippen molar-refractivity contribution >= 4 is 22.0 Å². The number of rotatable bonds is 6. The number of sulfonamides is 1. The van der Waals surface area contributed by atoms with Crippen LogP contribution in [0.3, 0.4) is 0 Å². The molecule has 0 bridgehead atoms. The number of carboxylic acids is 1. The van der Waals surface area contributed by atoms with Gasteiger partial charge in [-0.2, -0.15) is 0 Å². The minimum Gasteiger partial charge on any atom is -0.550 e. The maximum Gasteiger partial charge on any atom is 0.573 e. The first-order valence-corrected chi connectivity index (χ1v) is 6.75. The number of ether oxygens (including phenoxy) is 1. The minimum absolute atomic E-state index is 0.539. The van der Waals surface area contributed by atoms with E-state index in [4.69, 9.17) is 0 Å². The third-order valence-electron chi connectivity index (χ3n) is 1.92. The van der Waals surface area contributed by atoms with Crippen molar-refractivity contribution in [3.63, 3.8) is 0 Å². The lowest BCUT2D eigenvalue weighted by molar-refractivity contribution is -0.305. The van der Waals surface area contributed by atoms with Gasteiger partial charge in [-0.3, -0.25) is 0 Å². The van der Waals surface area contributed by atoms with Gasteiger partial charge in [0.2, 0.25) is 0 Å². The van der Waals surface area contributed by atoms with Crippen molar-refractivity contribution < 1.29 is 45.9 Å². The van der Waals surface area contributed by atoms with Crippen LogP contribution in [0.1, 0.15) is 6.42 Å². The summed E-state index contributed by atoms with van der Waals surface area (Å²) >= 11 is 0. The lowest BCUT2D eigenvalue weighted by Gasteiger charge is -2.10. The predicted molar refractivity (Wildman–Crippen MR) is 59.2 cm³/mol. The van der Waals surface area contributed by atoms with Crippen molar-refractivity contribution in [1.29, 1.82) is 0 Å². The first-order chi connectivity index (χ1) is 9.99. The van der Waals surface area contributed by atoms with E-state index in [-0.39, 0.29) is 0 Å². The Hall–Kier alpha value is -2.34. The minimum atomic E-state index is -4.93. The molecule has 0 saturated heterocycles. The molecule has 22 heavy (non-hydrogen) atoms. The van der Waals surface area contributed by atoms with E-state index in [0.29, 0.717) is 0 Å². The Bertz CT molecular complexity index is 654. The molecule has 122 valence electrons. The zero-order valence-electron chi connectivity index (χ0n) is 10.4. The van der Waals surface area contributed by atoms with Gasteiger partial charge < -0.3 is 19.5 Å². The van der Waals surface area contributed by atoms with Crippen molar-refractivity contribution in [1.82, 2.24) is 4.89 Å². The van der Waals surface area contributed by atoms with Crippen LogP contribution in [-0.4, -0.2) is 26.7 Å². The van der Waals surface area contributed by atoms with Crippen LogP contribution in [0.25, 0.3) is 0 Å². The maximum atomic E-state index is 11.9. The topological polar surface area (TPSA) is 122 Å². The molecule has 0 aliphatic heterocycles. The summed E-state index contributed by atoms with van der Waals surface area (Å²) in [5, 5.41) is 10.1. The van der Waals surface area contributed by atoms with E-state index < -0.39 is 45.4 Å². The number of nitrogens with one attached hydrogen (secondary N) is 1. The first-order valence-electron chi connectivity index (χ1n) is 5.27. The molecule has 0 radical (unpaired) electrons. The van der Waals surface area contributed by atoms with E-state index >= 15 is 0 Å². The van der Waals surface area contributed by atoms with E-state index in [0.717, 1.165) is 24.3 Å². The lowest BCUT2D eigenvalue weighted by atomic mass is 10.3. The number of carbonyl (C=O) groups excluding carboxylic acids is 2. The molecule has 0 spiro atoms. The van der Waals surface area contributed by atoms with Crippen molar-refractivity contribution in [2.75, 3.05) is 0 Å². The van der Waals surface area contributed by atoms with E-state index in [2.05, 4.69) is 9.57 Å². The summed E-state index contributed by atoms with van der Waals surface area (Å²) in [7, 11) is -4.39.